The summed E-state index contributed by atoms with van der Waals surface area (Å²) < 4.78 is 5.27. The molecule has 0 saturated heterocycles. The minimum absolute atomic E-state index is 0.0893. The smallest absolute Gasteiger partial charge is 0.283 e. The summed E-state index contributed by atoms with van der Waals surface area (Å²) in [5.74, 6) is -1.23. The minimum Gasteiger partial charge on any atom is -0.495 e. The monoisotopic (exact) mass is 487 g/mol. The third-order valence-corrected chi connectivity index (χ3v) is 6.33. The summed E-state index contributed by atoms with van der Waals surface area (Å²) in [6.07, 6.45) is 5.39. The van der Waals surface area contributed by atoms with Crippen molar-refractivity contribution in [2.75, 3.05) is 17.3 Å². The van der Waals surface area contributed by atoms with Crippen molar-refractivity contribution in [2.45, 2.75) is 38.1 Å². The molecule has 1 aliphatic carbocycles. The van der Waals surface area contributed by atoms with Crippen LogP contribution in [0.25, 0.3) is 0 Å². The zero-order valence-electron chi connectivity index (χ0n) is 18.0. The second-order valence-electron chi connectivity index (χ2n) is 7.97. The Labute approximate surface area is 201 Å². The highest BCUT2D eigenvalue weighted by molar-refractivity contribution is 6.53. The van der Waals surface area contributed by atoms with Crippen molar-refractivity contribution in [1.82, 2.24) is 5.32 Å². The standard InChI is InChI=1S/C24H23Cl2N3O4/c1-33-19-11-10-15(25)13-18(19)29-23(31)20(26)21(24(29)32)27-17-9-5-6-14(12-17)22(30)28-16-7-3-2-4-8-16/h5-6,9-13,16,27H,2-4,7-8H2,1H3,(H,28,30). The van der Waals surface area contributed by atoms with Gasteiger partial charge in [0.2, 0.25) is 0 Å². The van der Waals surface area contributed by atoms with Crippen LogP contribution < -0.4 is 20.3 Å². The number of halogens is 2. The van der Waals surface area contributed by atoms with E-state index in [9.17, 15) is 14.4 Å². The molecule has 1 heterocycles. The Morgan fingerprint density at radius 2 is 1.79 bits per heavy atom. The van der Waals surface area contributed by atoms with Gasteiger partial charge in [-0.1, -0.05) is 48.5 Å². The molecule has 172 valence electrons. The molecule has 3 amide bonds. The number of nitrogens with one attached hydrogen (secondary N) is 2. The Hall–Kier alpha value is -3.03. The topological polar surface area (TPSA) is 87.7 Å². The molecule has 0 aromatic heterocycles. The third kappa shape index (κ3) is 4.84. The zero-order valence-corrected chi connectivity index (χ0v) is 19.5. The molecule has 9 heteroatoms. The van der Waals surface area contributed by atoms with Crippen molar-refractivity contribution in [3.05, 3.63) is 63.8 Å². The van der Waals surface area contributed by atoms with Gasteiger partial charge in [-0.3, -0.25) is 14.4 Å². The number of nitrogens with zero attached hydrogens (tertiary/aromatic N) is 1. The molecule has 1 aliphatic heterocycles. The van der Waals surface area contributed by atoms with Gasteiger partial charge in [-0.2, -0.15) is 0 Å². The molecule has 2 aromatic rings. The molecule has 0 unspecified atom stereocenters. The van der Waals surface area contributed by atoms with Crippen LogP contribution in [0.2, 0.25) is 5.02 Å². The van der Waals surface area contributed by atoms with Crippen molar-refractivity contribution in [1.29, 1.82) is 0 Å². The number of carbonyl (C=O) groups excluding carboxylic acids is 3. The predicted molar refractivity (Wildman–Crippen MR) is 128 cm³/mol. The van der Waals surface area contributed by atoms with E-state index in [2.05, 4.69) is 10.6 Å². The maximum Gasteiger partial charge on any atom is 0.283 e. The molecule has 0 bridgehead atoms. The number of benzene rings is 2. The van der Waals surface area contributed by atoms with Crippen LogP contribution in [0.4, 0.5) is 11.4 Å². The number of hydrogen-bond donors (Lipinski definition) is 2. The van der Waals surface area contributed by atoms with Gasteiger partial charge >= 0.3 is 0 Å². The largest absolute Gasteiger partial charge is 0.495 e. The fourth-order valence-electron chi connectivity index (χ4n) is 4.07. The summed E-state index contributed by atoms with van der Waals surface area (Å²) in [7, 11) is 1.43. The fraction of sp³-hybridized carbons (Fsp3) is 0.292. The summed E-state index contributed by atoms with van der Waals surface area (Å²) in [4.78, 5) is 39.5. The highest BCUT2D eigenvalue weighted by Gasteiger charge is 2.40. The van der Waals surface area contributed by atoms with Crippen molar-refractivity contribution in [2.24, 2.45) is 0 Å². The van der Waals surface area contributed by atoms with E-state index < -0.39 is 11.8 Å². The van der Waals surface area contributed by atoms with Crippen LogP contribution in [0.5, 0.6) is 5.75 Å². The van der Waals surface area contributed by atoms with Gasteiger partial charge in [0.15, 0.2) is 0 Å². The summed E-state index contributed by atoms with van der Waals surface area (Å²) in [5.41, 5.74) is 1.01. The zero-order chi connectivity index (χ0) is 23.5. The highest BCUT2D eigenvalue weighted by atomic mass is 35.5. The first-order chi connectivity index (χ1) is 15.9. The second kappa shape index (κ2) is 9.85. The van der Waals surface area contributed by atoms with E-state index in [1.54, 1.807) is 36.4 Å². The Morgan fingerprint density at radius 3 is 2.52 bits per heavy atom. The van der Waals surface area contributed by atoms with E-state index >= 15 is 0 Å². The summed E-state index contributed by atoms with van der Waals surface area (Å²) in [6.45, 7) is 0. The van der Waals surface area contributed by atoms with Crippen LogP contribution in [-0.2, 0) is 9.59 Å². The first-order valence-corrected chi connectivity index (χ1v) is 11.4. The van der Waals surface area contributed by atoms with Crippen LogP contribution in [0.3, 0.4) is 0 Å². The van der Waals surface area contributed by atoms with Crippen LogP contribution in [0.15, 0.2) is 53.2 Å². The van der Waals surface area contributed by atoms with Gasteiger partial charge in [0, 0.05) is 22.3 Å². The molecule has 2 N–H and O–H groups in total. The van der Waals surface area contributed by atoms with Gasteiger partial charge < -0.3 is 15.4 Å². The maximum absolute atomic E-state index is 13.1. The number of methoxy groups -OCH3 is 1. The van der Waals surface area contributed by atoms with E-state index in [1.807, 2.05) is 0 Å². The molecule has 7 nitrogen and oxygen atoms in total. The maximum atomic E-state index is 13.1. The van der Waals surface area contributed by atoms with Crippen molar-refractivity contribution < 1.29 is 19.1 Å². The molecule has 33 heavy (non-hydrogen) atoms. The molecular weight excluding hydrogens is 465 g/mol. The Morgan fingerprint density at radius 1 is 1.03 bits per heavy atom. The third-order valence-electron chi connectivity index (χ3n) is 5.74. The van der Waals surface area contributed by atoms with E-state index in [0.29, 0.717) is 22.0 Å². The Bertz CT molecular complexity index is 1140. The van der Waals surface area contributed by atoms with Crippen LogP contribution in [0.1, 0.15) is 42.5 Å². The molecule has 2 aliphatic rings. The molecule has 1 fully saturated rings. The number of imide groups is 1. The molecule has 2 aromatic carbocycles. The minimum atomic E-state index is -0.698. The highest BCUT2D eigenvalue weighted by Crippen LogP contribution is 2.37. The van der Waals surface area contributed by atoms with Gasteiger partial charge in [0.25, 0.3) is 17.7 Å². The normalized spacial score (nSPS) is 16.9. The SMILES string of the molecule is COc1ccc(Cl)cc1N1C(=O)C(Cl)=C(Nc2cccc(C(=O)NC3CCCCC3)c2)C1=O. The lowest BCUT2D eigenvalue weighted by Crippen LogP contribution is -2.36. The van der Waals surface area contributed by atoms with Crippen molar-refractivity contribution >= 4 is 52.3 Å². The number of ether oxygens (including phenoxy) is 1. The number of rotatable bonds is 6. The first-order valence-electron chi connectivity index (χ1n) is 10.7. The summed E-state index contributed by atoms with van der Waals surface area (Å²) in [5, 5.41) is 6.04. The second-order valence-corrected chi connectivity index (χ2v) is 8.78. The average Bonchev–Trinajstić information content (AvgIpc) is 3.03. The molecule has 4 rings (SSSR count). The quantitative estimate of drug-likeness (QED) is 0.568. The van der Waals surface area contributed by atoms with E-state index in [1.165, 1.54) is 19.6 Å². The van der Waals surface area contributed by atoms with Crippen molar-refractivity contribution in [3.8, 4) is 5.75 Å². The lowest BCUT2D eigenvalue weighted by Gasteiger charge is -2.22. The van der Waals surface area contributed by atoms with Crippen LogP contribution >= 0.6 is 23.2 Å². The molecule has 0 spiro atoms. The predicted octanol–water partition coefficient (Wildman–Crippen LogP) is 4.85. The Kier molecular flexibility index (Phi) is 6.91. The molecular formula is C24H23Cl2N3O4. The molecule has 0 radical (unpaired) electrons. The molecule has 1 saturated carbocycles. The number of amides is 3. The van der Waals surface area contributed by atoms with E-state index in [4.69, 9.17) is 27.9 Å². The Balaban J connectivity index is 1.54. The number of anilines is 2. The van der Waals surface area contributed by atoms with E-state index in [0.717, 1.165) is 30.6 Å². The van der Waals surface area contributed by atoms with Crippen LogP contribution in [0, 0.1) is 0 Å². The summed E-state index contributed by atoms with van der Waals surface area (Å²) >= 11 is 12.3. The first kappa shape index (κ1) is 23.1. The van der Waals surface area contributed by atoms with Gasteiger partial charge in [0.05, 0.1) is 12.8 Å². The molecule has 0 atom stereocenters. The van der Waals surface area contributed by atoms with E-state index in [-0.39, 0.29) is 28.4 Å². The van der Waals surface area contributed by atoms with Crippen LogP contribution in [-0.4, -0.2) is 30.9 Å². The fourth-order valence-corrected chi connectivity index (χ4v) is 4.45. The summed E-state index contributed by atoms with van der Waals surface area (Å²) in [6, 6.07) is 11.5. The lowest BCUT2D eigenvalue weighted by atomic mass is 9.95. The average molecular weight is 488 g/mol. The van der Waals surface area contributed by atoms with Gasteiger partial charge in [-0.25, -0.2) is 4.90 Å². The van der Waals surface area contributed by atoms with Crippen molar-refractivity contribution in [3.63, 3.8) is 0 Å². The number of carbonyl (C=O) groups is 3. The van der Waals surface area contributed by atoms with Gasteiger partial charge in [0.1, 0.15) is 16.5 Å². The lowest BCUT2D eigenvalue weighted by molar-refractivity contribution is -0.120. The number of hydrogen-bond acceptors (Lipinski definition) is 5. The van der Waals surface area contributed by atoms with Gasteiger partial charge in [-0.15, -0.1) is 0 Å². The van der Waals surface area contributed by atoms with Gasteiger partial charge in [-0.05, 0) is 49.2 Å².